The van der Waals surface area contributed by atoms with Crippen LogP contribution in [0.2, 0.25) is 0 Å². The van der Waals surface area contributed by atoms with Crippen LogP contribution in [-0.4, -0.2) is 77.9 Å². The van der Waals surface area contributed by atoms with Gasteiger partial charge in [0, 0.05) is 36.9 Å². The van der Waals surface area contributed by atoms with Gasteiger partial charge in [0.05, 0.1) is 17.6 Å². The number of aromatic amines is 1. The lowest BCUT2D eigenvalue weighted by atomic mass is 10.0. The van der Waals surface area contributed by atoms with Crippen molar-refractivity contribution in [1.29, 1.82) is 0 Å². The molecule has 0 aliphatic carbocycles. The van der Waals surface area contributed by atoms with Crippen molar-refractivity contribution in [2.75, 3.05) is 31.6 Å². The summed E-state index contributed by atoms with van der Waals surface area (Å²) < 4.78 is 114. The fourth-order valence-corrected chi connectivity index (χ4v) is 7.60. The predicted octanol–water partition coefficient (Wildman–Crippen LogP) is 3.68. The quantitative estimate of drug-likeness (QED) is 0.313. The molecular weight excluding hydrogens is 604 g/mol. The maximum atomic E-state index is 14.0. The van der Waals surface area contributed by atoms with E-state index in [1.54, 1.807) is 6.92 Å². The second kappa shape index (κ2) is 10.6. The molecular formula is C23H23F6N5O5S2. The summed E-state index contributed by atoms with van der Waals surface area (Å²) >= 11 is 0.0404. The Hall–Kier alpha value is -3.22. The Labute approximate surface area is 233 Å². The number of hydrogen-bond acceptors (Lipinski definition) is 9. The number of methoxy groups -OCH3 is 1. The fraction of sp³-hybridized carbons (Fsp3) is 0.435. The van der Waals surface area contributed by atoms with E-state index in [0.29, 0.717) is 19.0 Å². The molecule has 0 saturated carbocycles. The van der Waals surface area contributed by atoms with Crippen LogP contribution in [0.1, 0.15) is 23.2 Å². The zero-order valence-corrected chi connectivity index (χ0v) is 23.2. The lowest BCUT2D eigenvalue weighted by Gasteiger charge is -2.40. The van der Waals surface area contributed by atoms with Gasteiger partial charge in [-0.25, -0.2) is 13.2 Å². The van der Waals surface area contributed by atoms with Crippen LogP contribution >= 0.6 is 11.3 Å². The molecule has 2 aromatic heterocycles. The van der Waals surface area contributed by atoms with Crippen LogP contribution in [0.25, 0.3) is 11.4 Å². The number of hydrogen-bond donors (Lipinski definition) is 2. The average molecular weight is 628 g/mol. The van der Waals surface area contributed by atoms with Crippen LogP contribution in [0.5, 0.6) is 0 Å². The van der Waals surface area contributed by atoms with Gasteiger partial charge in [0.2, 0.25) is 0 Å². The third-order valence-electron chi connectivity index (χ3n) is 6.47. The van der Waals surface area contributed by atoms with Gasteiger partial charge in [-0.05, 0) is 44.2 Å². The van der Waals surface area contributed by atoms with Crippen molar-refractivity contribution in [2.24, 2.45) is 0 Å². The zero-order chi connectivity index (χ0) is 30.5. The molecule has 1 fully saturated rings. The number of aliphatic hydroxyl groups is 1. The molecule has 0 amide bonds. The van der Waals surface area contributed by atoms with Crippen molar-refractivity contribution in [3.63, 3.8) is 0 Å². The largest absolute Gasteiger partial charge is 0.466 e. The highest BCUT2D eigenvalue weighted by Crippen LogP contribution is 2.44. The third kappa shape index (κ3) is 5.52. The summed E-state index contributed by atoms with van der Waals surface area (Å²) in [6.07, 6.45) is -10.3. The van der Waals surface area contributed by atoms with E-state index in [9.17, 15) is 44.7 Å². The van der Waals surface area contributed by atoms with Gasteiger partial charge in [0.1, 0.15) is 10.0 Å². The van der Waals surface area contributed by atoms with Gasteiger partial charge in [-0.1, -0.05) is 0 Å². The highest BCUT2D eigenvalue weighted by Gasteiger charge is 2.63. The number of nitrogens with one attached hydrogen (secondary N) is 1. The first kappa shape index (κ1) is 30.7. The van der Waals surface area contributed by atoms with E-state index in [-0.39, 0.29) is 48.0 Å². The number of piperazine rings is 1. The van der Waals surface area contributed by atoms with E-state index in [1.807, 2.05) is 0 Å². The number of sulfonamides is 1. The third-order valence-corrected chi connectivity index (χ3v) is 10.1. The smallest absolute Gasteiger partial charge is 0.433 e. The molecule has 224 valence electrons. The lowest BCUT2D eigenvalue weighted by molar-refractivity contribution is -0.265. The number of carbonyl (C=O) groups is 1. The minimum atomic E-state index is -5.51. The van der Waals surface area contributed by atoms with Gasteiger partial charge in [-0.2, -0.15) is 30.6 Å². The van der Waals surface area contributed by atoms with E-state index >= 15 is 0 Å². The Morgan fingerprint density at radius 1 is 1.12 bits per heavy atom. The zero-order valence-electron chi connectivity index (χ0n) is 21.5. The highest BCUT2D eigenvalue weighted by molar-refractivity contribution is 7.91. The number of rotatable bonds is 6. The molecule has 3 aromatic rings. The van der Waals surface area contributed by atoms with Gasteiger partial charge < -0.3 is 19.7 Å². The summed E-state index contributed by atoms with van der Waals surface area (Å²) in [5.74, 6) is -1.48. The van der Waals surface area contributed by atoms with Crippen LogP contribution in [0, 0.1) is 6.92 Å². The summed E-state index contributed by atoms with van der Waals surface area (Å²) in [4.78, 5) is 14.9. The first-order valence-electron chi connectivity index (χ1n) is 11.8. The van der Waals surface area contributed by atoms with Crippen molar-refractivity contribution in [3.8, 4) is 11.4 Å². The Balaban J connectivity index is 1.61. The van der Waals surface area contributed by atoms with Crippen molar-refractivity contribution in [2.45, 2.75) is 42.1 Å². The molecule has 0 bridgehead atoms. The number of esters is 1. The molecule has 18 heteroatoms. The van der Waals surface area contributed by atoms with Crippen molar-refractivity contribution >= 4 is 33.0 Å². The van der Waals surface area contributed by atoms with Crippen LogP contribution < -0.4 is 4.90 Å². The molecule has 0 spiro atoms. The summed E-state index contributed by atoms with van der Waals surface area (Å²) in [6.45, 7) is 2.41. The van der Waals surface area contributed by atoms with Gasteiger partial charge in [-0.3, -0.25) is 0 Å². The van der Waals surface area contributed by atoms with Crippen molar-refractivity contribution < 1.29 is 49.4 Å². The molecule has 41 heavy (non-hydrogen) atoms. The SMILES string of the molecule is COC(=O)C(O)(c1ccc(S(=O)(=O)N2CCN(c3ccc(-c4nnc(C)[nH]4)cc3C(F)(F)F)C[C@H]2C)s1)C(F)(F)F. The first-order chi connectivity index (χ1) is 18.9. The molecule has 2 N–H and O–H groups in total. The second-order valence-electron chi connectivity index (χ2n) is 9.22. The van der Waals surface area contributed by atoms with E-state index in [0.717, 1.165) is 16.4 Å². The molecule has 1 aromatic carbocycles. The fourth-order valence-electron chi connectivity index (χ4n) is 4.45. The number of alkyl halides is 6. The number of benzene rings is 1. The number of halogens is 6. The number of aromatic nitrogens is 3. The van der Waals surface area contributed by atoms with E-state index in [2.05, 4.69) is 19.9 Å². The first-order valence-corrected chi connectivity index (χ1v) is 14.0. The number of carbonyl (C=O) groups excluding carboxylic acids is 1. The summed E-state index contributed by atoms with van der Waals surface area (Å²) in [5, 5.41) is 17.7. The molecule has 0 radical (unpaired) electrons. The topological polar surface area (TPSA) is 129 Å². The predicted molar refractivity (Wildman–Crippen MR) is 133 cm³/mol. The van der Waals surface area contributed by atoms with Gasteiger partial charge in [0.15, 0.2) is 5.82 Å². The molecule has 1 saturated heterocycles. The summed E-state index contributed by atoms with van der Waals surface area (Å²) in [5.41, 5.74) is -5.09. The standard InChI is InChI=1S/C23H23F6N5O5S2/c1-12-11-33(16-5-4-14(10-15(16)22(24,25)26)19-30-13(2)31-32-19)8-9-34(12)41(37,38)18-7-6-17(40-18)21(36,20(35)39-3)23(27,28)29/h4-7,10,12,36H,8-9,11H2,1-3H3,(H,30,31,32)/t12-,21?/m1/s1. The number of thiophene rings is 1. The Kier molecular flexibility index (Phi) is 7.91. The van der Waals surface area contributed by atoms with E-state index in [4.69, 9.17) is 0 Å². The maximum Gasteiger partial charge on any atom is 0.433 e. The van der Waals surface area contributed by atoms with Gasteiger partial charge in [0.25, 0.3) is 15.6 Å². The Bertz CT molecular complexity index is 1550. The van der Waals surface area contributed by atoms with E-state index < -0.39 is 54.6 Å². The molecule has 1 unspecified atom stereocenters. The molecule has 10 nitrogen and oxygen atoms in total. The van der Waals surface area contributed by atoms with Crippen LogP contribution in [0.15, 0.2) is 34.5 Å². The van der Waals surface area contributed by atoms with E-state index in [1.165, 1.54) is 24.0 Å². The minimum absolute atomic E-state index is 0.0404. The minimum Gasteiger partial charge on any atom is -0.466 e. The van der Waals surface area contributed by atoms with Crippen LogP contribution in [0.4, 0.5) is 32.0 Å². The summed E-state index contributed by atoms with van der Waals surface area (Å²) in [6, 6.07) is 4.17. The number of aryl methyl sites for hydroxylation is 1. The Morgan fingerprint density at radius 3 is 2.34 bits per heavy atom. The van der Waals surface area contributed by atoms with Crippen LogP contribution in [-0.2, 0) is 31.3 Å². The number of anilines is 1. The van der Waals surface area contributed by atoms with Crippen LogP contribution in [0.3, 0.4) is 0 Å². The van der Waals surface area contributed by atoms with Gasteiger partial charge >= 0.3 is 18.3 Å². The van der Waals surface area contributed by atoms with Crippen molar-refractivity contribution in [1.82, 2.24) is 19.5 Å². The normalized spacial score (nSPS) is 18.8. The Morgan fingerprint density at radius 2 is 1.80 bits per heavy atom. The molecule has 1 aliphatic heterocycles. The monoisotopic (exact) mass is 627 g/mol. The molecule has 2 atom stereocenters. The maximum absolute atomic E-state index is 14.0. The number of nitrogens with zero attached hydrogens (tertiary/aromatic N) is 4. The second-order valence-corrected chi connectivity index (χ2v) is 12.4. The lowest BCUT2D eigenvalue weighted by Crippen LogP contribution is -2.54. The summed E-state index contributed by atoms with van der Waals surface area (Å²) in [7, 11) is -3.82. The number of ether oxygens (including phenoxy) is 1. The molecule has 3 heterocycles. The van der Waals surface area contributed by atoms with Crippen molar-refractivity contribution in [3.05, 3.63) is 46.6 Å². The highest BCUT2D eigenvalue weighted by atomic mass is 32.2. The number of H-pyrrole nitrogens is 1. The molecule has 1 aliphatic rings. The van der Waals surface area contributed by atoms with Gasteiger partial charge in [-0.15, -0.1) is 21.5 Å². The average Bonchev–Trinajstić information content (AvgIpc) is 3.56. The molecule has 4 rings (SSSR count).